The van der Waals surface area contributed by atoms with E-state index < -0.39 is 38.1 Å². The van der Waals surface area contributed by atoms with Crippen LogP contribution in [0.5, 0.6) is 0 Å². The van der Waals surface area contributed by atoms with E-state index in [1.165, 1.54) is 0 Å². The van der Waals surface area contributed by atoms with Gasteiger partial charge in [-0.1, -0.05) is 6.07 Å². The molecule has 1 rings (SSSR count). The Kier molecular flexibility index (Phi) is 9.57. The molecular formula is C7H3NNa2O6S. The number of nitro benzene ring substituents is 1. The van der Waals surface area contributed by atoms with E-state index in [9.17, 15) is 28.8 Å². The largest absolute Gasteiger partial charge is 1.00 e. The number of rotatable bonds is 3. The summed E-state index contributed by atoms with van der Waals surface area (Å²) >= 11 is -2.79. The number of carboxylic acid groups (broad SMARTS) is 1. The number of nitrogens with zero attached hydrogens (tertiary/aromatic N) is 1. The Balaban J connectivity index is 0. The van der Waals surface area contributed by atoms with Crippen LogP contribution in [0.2, 0.25) is 0 Å². The molecule has 0 bridgehead atoms. The number of nitro groups is 1. The van der Waals surface area contributed by atoms with Crippen LogP contribution in [0.1, 0.15) is 10.4 Å². The van der Waals surface area contributed by atoms with Crippen molar-refractivity contribution in [1.29, 1.82) is 0 Å². The third-order valence-corrected chi connectivity index (χ3v) is 2.28. The van der Waals surface area contributed by atoms with Gasteiger partial charge in [0.1, 0.15) is 4.90 Å². The van der Waals surface area contributed by atoms with Crippen molar-refractivity contribution in [2.75, 3.05) is 0 Å². The Bertz CT molecular complexity index is 466. The van der Waals surface area contributed by atoms with E-state index in [0.29, 0.717) is 6.07 Å². The molecule has 0 spiro atoms. The summed E-state index contributed by atoms with van der Waals surface area (Å²) in [6.07, 6.45) is 0. The zero-order chi connectivity index (χ0) is 11.6. The van der Waals surface area contributed by atoms with Gasteiger partial charge in [-0.05, 0) is 17.1 Å². The number of carboxylic acids is 1. The van der Waals surface area contributed by atoms with E-state index in [-0.39, 0.29) is 59.1 Å². The minimum atomic E-state index is -2.79. The molecule has 0 radical (unpaired) electrons. The summed E-state index contributed by atoms with van der Waals surface area (Å²) < 4.78 is 21.1. The van der Waals surface area contributed by atoms with Crippen LogP contribution in [-0.2, 0) is 11.1 Å². The number of hydrogen-bond acceptors (Lipinski definition) is 6. The molecule has 0 aliphatic heterocycles. The number of hydrogen-bond donors (Lipinski definition) is 0. The van der Waals surface area contributed by atoms with Crippen LogP contribution in [0, 0.1) is 10.1 Å². The summed E-state index contributed by atoms with van der Waals surface area (Å²) in [4.78, 5) is 19.2. The molecule has 7 nitrogen and oxygen atoms in total. The van der Waals surface area contributed by atoms with E-state index >= 15 is 0 Å². The van der Waals surface area contributed by atoms with Gasteiger partial charge in [0.25, 0.3) is 5.69 Å². The first kappa shape index (κ1) is 19.5. The van der Waals surface area contributed by atoms with Crippen LogP contribution in [0.15, 0.2) is 23.1 Å². The van der Waals surface area contributed by atoms with Crippen molar-refractivity contribution >= 4 is 22.7 Å². The van der Waals surface area contributed by atoms with Gasteiger partial charge in [0, 0.05) is 11.6 Å². The fourth-order valence-electron chi connectivity index (χ4n) is 0.928. The van der Waals surface area contributed by atoms with Crippen molar-refractivity contribution < 1.29 is 82.7 Å². The molecule has 1 aromatic rings. The molecule has 0 aliphatic carbocycles. The predicted molar refractivity (Wildman–Crippen MR) is 44.6 cm³/mol. The van der Waals surface area contributed by atoms with E-state index in [4.69, 9.17) is 0 Å². The van der Waals surface area contributed by atoms with E-state index in [2.05, 4.69) is 0 Å². The molecule has 10 heteroatoms. The van der Waals surface area contributed by atoms with Gasteiger partial charge in [-0.25, -0.2) is 0 Å². The third-order valence-electron chi connectivity index (χ3n) is 1.57. The Morgan fingerprint density at radius 3 is 2.18 bits per heavy atom. The van der Waals surface area contributed by atoms with Crippen LogP contribution in [-0.4, -0.2) is 19.7 Å². The molecule has 0 saturated carbocycles. The normalized spacial score (nSPS) is 10.6. The van der Waals surface area contributed by atoms with Gasteiger partial charge in [-0.3, -0.25) is 14.3 Å². The third kappa shape index (κ3) is 5.14. The predicted octanol–water partition coefficient (Wildman–Crippen LogP) is -6.80. The molecule has 1 aromatic carbocycles. The smallest absolute Gasteiger partial charge is 0.768 e. The number of aromatic carboxylic acids is 1. The van der Waals surface area contributed by atoms with Gasteiger partial charge in [0.15, 0.2) is 0 Å². The van der Waals surface area contributed by atoms with Crippen LogP contribution in [0.25, 0.3) is 0 Å². The van der Waals surface area contributed by atoms with Gasteiger partial charge < -0.3 is 14.5 Å². The first-order chi connectivity index (χ1) is 6.93. The fraction of sp³-hybridized carbons (Fsp3) is 0. The van der Waals surface area contributed by atoms with Gasteiger partial charge in [-0.15, -0.1) is 0 Å². The first-order valence-corrected chi connectivity index (χ1v) is 4.60. The minimum absolute atomic E-state index is 0. The fourth-order valence-corrected chi connectivity index (χ4v) is 1.41. The standard InChI is InChI=1S/C7H5NO6S.2Na/c9-7(10)4-1-2-6(15(13)14)5(3-4)8(11)12;;/h1-3H,(H,9,10)(H,13,14);;/q;2*+1/p-2. The molecule has 0 heterocycles. The summed E-state index contributed by atoms with van der Waals surface area (Å²) in [5.41, 5.74) is -1.24. The molecule has 80 valence electrons. The molecule has 1 unspecified atom stereocenters. The maximum atomic E-state index is 10.5. The van der Waals surface area contributed by atoms with E-state index in [0.717, 1.165) is 12.1 Å². The van der Waals surface area contributed by atoms with E-state index in [1.54, 1.807) is 0 Å². The molecular weight excluding hydrogens is 272 g/mol. The van der Waals surface area contributed by atoms with Crippen LogP contribution in [0.4, 0.5) is 5.69 Å². The number of benzene rings is 1. The van der Waals surface area contributed by atoms with Gasteiger partial charge in [0.05, 0.1) is 10.9 Å². The van der Waals surface area contributed by atoms with Crippen molar-refractivity contribution in [3.8, 4) is 0 Å². The molecule has 0 N–H and O–H groups in total. The number of carbonyl (C=O) groups excluding carboxylic acids is 1. The Morgan fingerprint density at radius 1 is 1.29 bits per heavy atom. The average Bonchev–Trinajstić information content (AvgIpc) is 2.16. The second-order valence-electron chi connectivity index (χ2n) is 2.46. The Labute approximate surface area is 143 Å². The number of carbonyl (C=O) groups is 1. The zero-order valence-corrected chi connectivity index (χ0v) is 13.9. The summed E-state index contributed by atoms with van der Waals surface area (Å²) in [5.74, 6) is -1.61. The maximum absolute atomic E-state index is 10.5. The van der Waals surface area contributed by atoms with Crippen LogP contribution in [0.3, 0.4) is 0 Å². The summed E-state index contributed by atoms with van der Waals surface area (Å²) in [6, 6.07) is 2.40. The van der Waals surface area contributed by atoms with Gasteiger partial charge in [0.2, 0.25) is 0 Å². The minimum Gasteiger partial charge on any atom is -0.768 e. The monoisotopic (exact) mass is 275 g/mol. The van der Waals surface area contributed by atoms with Crippen molar-refractivity contribution in [1.82, 2.24) is 0 Å². The molecule has 0 amide bonds. The second-order valence-corrected chi connectivity index (χ2v) is 3.37. The SMILES string of the molecule is O=C([O-])c1ccc(S(=O)[O-])c([N+](=O)[O-])c1.[Na+].[Na+]. The van der Waals surface area contributed by atoms with Gasteiger partial charge in [-0.2, -0.15) is 0 Å². The molecule has 0 fully saturated rings. The Hall–Kier alpha value is 0.200. The van der Waals surface area contributed by atoms with Crippen LogP contribution < -0.4 is 64.2 Å². The second kappa shape index (κ2) is 8.33. The molecule has 0 saturated heterocycles. The Morgan fingerprint density at radius 2 is 1.82 bits per heavy atom. The molecule has 0 aromatic heterocycles. The zero-order valence-electron chi connectivity index (χ0n) is 9.04. The maximum Gasteiger partial charge on any atom is 1.00 e. The topological polar surface area (TPSA) is 123 Å². The summed E-state index contributed by atoms with van der Waals surface area (Å²) in [7, 11) is 0. The van der Waals surface area contributed by atoms with Crippen LogP contribution >= 0.6 is 0 Å². The summed E-state index contributed by atoms with van der Waals surface area (Å²) in [5, 5.41) is 20.8. The van der Waals surface area contributed by atoms with Crippen molar-refractivity contribution in [3.05, 3.63) is 33.9 Å². The van der Waals surface area contributed by atoms with E-state index in [1.807, 2.05) is 0 Å². The quantitative estimate of drug-likeness (QED) is 0.234. The van der Waals surface area contributed by atoms with Crippen molar-refractivity contribution in [2.24, 2.45) is 0 Å². The average molecular weight is 275 g/mol. The molecule has 0 aliphatic rings. The molecule has 17 heavy (non-hydrogen) atoms. The van der Waals surface area contributed by atoms with Gasteiger partial charge >= 0.3 is 59.1 Å². The van der Waals surface area contributed by atoms with Crippen molar-refractivity contribution in [2.45, 2.75) is 4.90 Å². The molecule has 1 atom stereocenters. The first-order valence-electron chi connectivity index (χ1n) is 3.52. The van der Waals surface area contributed by atoms with Crippen molar-refractivity contribution in [3.63, 3.8) is 0 Å². The summed E-state index contributed by atoms with van der Waals surface area (Å²) in [6.45, 7) is 0.